The summed E-state index contributed by atoms with van der Waals surface area (Å²) < 4.78 is 0. The molecule has 15 heavy (non-hydrogen) atoms. The van der Waals surface area contributed by atoms with Gasteiger partial charge in [0, 0.05) is 12.6 Å². The molecule has 0 aromatic heterocycles. The van der Waals surface area contributed by atoms with Gasteiger partial charge in [-0.05, 0) is 37.5 Å². The number of nitrogens with zero attached hydrogens (tertiary/aromatic N) is 1. The van der Waals surface area contributed by atoms with Gasteiger partial charge in [0.05, 0.1) is 0 Å². The Morgan fingerprint density at radius 3 is 2.40 bits per heavy atom. The van der Waals surface area contributed by atoms with Crippen LogP contribution < -0.4 is 0 Å². The van der Waals surface area contributed by atoms with Crippen molar-refractivity contribution in [1.29, 1.82) is 0 Å². The average molecular weight is 229 g/mol. The zero-order valence-corrected chi connectivity index (χ0v) is 11.3. The van der Waals surface area contributed by atoms with Gasteiger partial charge in [-0.3, -0.25) is 0 Å². The molecular formula is C13H27NS. The van der Waals surface area contributed by atoms with Gasteiger partial charge < -0.3 is 4.90 Å². The quantitative estimate of drug-likeness (QED) is 0.653. The lowest BCUT2D eigenvalue weighted by molar-refractivity contribution is 0.179. The Hall–Kier alpha value is 0.310. The van der Waals surface area contributed by atoms with E-state index in [1.165, 1.54) is 51.6 Å². The normalized spacial score (nSPS) is 20.0. The third-order valence-corrected chi connectivity index (χ3v) is 4.21. The summed E-state index contributed by atoms with van der Waals surface area (Å²) in [4.78, 5) is 2.70. The van der Waals surface area contributed by atoms with Gasteiger partial charge in [-0.2, -0.15) is 12.6 Å². The van der Waals surface area contributed by atoms with Gasteiger partial charge in [0.2, 0.25) is 0 Å². The molecule has 0 spiro atoms. The van der Waals surface area contributed by atoms with E-state index in [1.54, 1.807) is 0 Å². The molecule has 0 aliphatic heterocycles. The maximum absolute atomic E-state index is 4.48. The molecule has 0 aromatic rings. The number of thiol groups is 1. The minimum absolute atomic E-state index is 0.805. The molecule has 0 amide bonds. The lowest BCUT2D eigenvalue weighted by Gasteiger charge is -2.30. The second kappa shape index (κ2) is 7.56. The summed E-state index contributed by atoms with van der Waals surface area (Å²) in [5, 5.41) is 0. The third kappa shape index (κ3) is 4.36. The number of rotatable bonds is 7. The molecule has 1 nitrogen and oxygen atoms in total. The number of hydrogen-bond acceptors (Lipinski definition) is 2. The molecule has 2 heteroatoms. The van der Waals surface area contributed by atoms with Crippen LogP contribution in [0.2, 0.25) is 0 Å². The Morgan fingerprint density at radius 2 is 1.93 bits per heavy atom. The summed E-state index contributed by atoms with van der Waals surface area (Å²) in [6.45, 7) is 7.08. The van der Waals surface area contributed by atoms with Crippen LogP contribution in [0.1, 0.15) is 52.4 Å². The monoisotopic (exact) mass is 229 g/mol. The summed E-state index contributed by atoms with van der Waals surface area (Å²) in [7, 11) is 0. The molecule has 1 aliphatic rings. The molecule has 0 radical (unpaired) electrons. The van der Waals surface area contributed by atoms with E-state index in [0.717, 1.165) is 17.7 Å². The lowest BCUT2D eigenvalue weighted by Crippen LogP contribution is -2.37. The topological polar surface area (TPSA) is 3.24 Å². The average Bonchev–Trinajstić information content (AvgIpc) is 2.77. The van der Waals surface area contributed by atoms with Crippen molar-refractivity contribution in [2.24, 2.45) is 5.92 Å². The van der Waals surface area contributed by atoms with Crippen molar-refractivity contribution in [3.8, 4) is 0 Å². The molecule has 1 rings (SSSR count). The Balaban J connectivity index is 2.36. The van der Waals surface area contributed by atoms with Crippen molar-refractivity contribution < 1.29 is 0 Å². The molecule has 1 aliphatic carbocycles. The molecule has 0 bridgehead atoms. The standard InChI is InChI=1S/C13H27NS/c1-3-7-12(11-15)10-14(4-2)13-8-5-6-9-13/h12-13,15H,3-11H2,1-2H3. The summed E-state index contributed by atoms with van der Waals surface area (Å²) >= 11 is 4.48. The van der Waals surface area contributed by atoms with Crippen molar-refractivity contribution in [3.05, 3.63) is 0 Å². The van der Waals surface area contributed by atoms with Gasteiger partial charge in [-0.25, -0.2) is 0 Å². The zero-order chi connectivity index (χ0) is 11.1. The Kier molecular flexibility index (Phi) is 6.74. The minimum atomic E-state index is 0.805. The highest BCUT2D eigenvalue weighted by Crippen LogP contribution is 2.24. The second-order valence-electron chi connectivity index (χ2n) is 4.86. The first-order chi connectivity index (χ1) is 7.31. The first-order valence-corrected chi connectivity index (χ1v) is 7.29. The van der Waals surface area contributed by atoms with E-state index in [9.17, 15) is 0 Å². The van der Waals surface area contributed by atoms with Crippen LogP contribution in [0.15, 0.2) is 0 Å². The smallest absolute Gasteiger partial charge is 0.00952 e. The summed E-state index contributed by atoms with van der Waals surface area (Å²) in [6.07, 6.45) is 8.39. The summed E-state index contributed by atoms with van der Waals surface area (Å²) in [5.41, 5.74) is 0. The largest absolute Gasteiger partial charge is 0.300 e. The van der Waals surface area contributed by atoms with Crippen LogP contribution in [0.4, 0.5) is 0 Å². The summed E-state index contributed by atoms with van der Waals surface area (Å²) in [5.74, 6) is 1.86. The first-order valence-electron chi connectivity index (χ1n) is 6.66. The van der Waals surface area contributed by atoms with E-state index in [2.05, 4.69) is 31.4 Å². The van der Waals surface area contributed by atoms with E-state index in [0.29, 0.717) is 0 Å². The molecule has 1 atom stereocenters. The van der Waals surface area contributed by atoms with Crippen molar-refractivity contribution >= 4 is 12.6 Å². The minimum Gasteiger partial charge on any atom is -0.300 e. The van der Waals surface area contributed by atoms with Crippen LogP contribution in [0.25, 0.3) is 0 Å². The van der Waals surface area contributed by atoms with Crippen LogP contribution in [-0.2, 0) is 0 Å². The van der Waals surface area contributed by atoms with Gasteiger partial charge >= 0.3 is 0 Å². The fourth-order valence-electron chi connectivity index (χ4n) is 2.79. The van der Waals surface area contributed by atoms with E-state index in [-0.39, 0.29) is 0 Å². The molecule has 0 heterocycles. The van der Waals surface area contributed by atoms with E-state index < -0.39 is 0 Å². The third-order valence-electron chi connectivity index (χ3n) is 3.70. The fraction of sp³-hybridized carbons (Fsp3) is 1.00. The van der Waals surface area contributed by atoms with Gasteiger partial charge in [0.25, 0.3) is 0 Å². The van der Waals surface area contributed by atoms with E-state index in [1.807, 2.05) is 0 Å². The van der Waals surface area contributed by atoms with Crippen LogP contribution in [0.3, 0.4) is 0 Å². The summed E-state index contributed by atoms with van der Waals surface area (Å²) in [6, 6.07) is 0.884. The second-order valence-corrected chi connectivity index (χ2v) is 5.23. The predicted octanol–water partition coefficient (Wildman–Crippen LogP) is 3.60. The van der Waals surface area contributed by atoms with Gasteiger partial charge in [0.1, 0.15) is 0 Å². The van der Waals surface area contributed by atoms with Crippen LogP contribution in [0.5, 0.6) is 0 Å². The highest BCUT2D eigenvalue weighted by molar-refractivity contribution is 7.80. The number of hydrogen-bond donors (Lipinski definition) is 1. The molecule has 1 unspecified atom stereocenters. The SMILES string of the molecule is CCCC(CS)CN(CC)C1CCCC1. The molecule has 1 saturated carbocycles. The molecule has 0 aromatic carbocycles. The van der Waals surface area contributed by atoms with Crippen molar-refractivity contribution in [2.75, 3.05) is 18.8 Å². The van der Waals surface area contributed by atoms with Crippen molar-refractivity contribution in [3.63, 3.8) is 0 Å². The predicted molar refractivity (Wildman–Crippen MR) is 71.8 cm³/mol. The van der Waals surface area contributed by atoms with Crippen molar-refractivity contribution in [2.45, 2.75) is 58.4 Å². The maximum Gasteiger partial charge on any atom is 0.00952 e. The van der Waals surface area contributed by atoms with Gasteiger partial charge in [-0.1, -0.05) is 33.1 Å². The zero-order valence-electron chi connectivity index (χ0n) is 10.4. The van der Waals surface area contributed by atoms with Crippen LogP contribution in [0, 0.1) is 5.92 Å². The van der Waals surface area contributed by atoms with Gasteiger partial charge in [-0.15, -0.1) is 0 Å². The highest BCUT2D eigenvalue weighted by atomic mass is 32.1. The molecule has 0 saturated heterocycles. The van der Waals surface area contributed by atoms with Crippen LogP contribution >= 0.6 is 12.6 Å². The first kappa shape index (κ1) is 13.4. The van der Waals surface area contributed by atoms with Crippen LogP contribution in [-0.4, -0.2) is 29.8 Å². The van der Waals surface area contributed by atoms with Crippen molar-refractivity contribution in [1.82, 2.24) is 4.90 Å². The lowest BCUT2D eigenvalue weighted by atomic mass is 10.0. The Labute approximate surface area is 101 Å². The fourth-order valence-corrected chi connectivity index (χ4v) is 3.08. The highest BCUT2D eigenvalue weighted by Gasteiger charge is 2.22. The van der Waals surface area contributed by atoms with E-state index >= 15 is 0 Å². The molecular weight excluding hydrogens is 202 g/mol. The van der Waals surface area contributed by atoms with Gasteiger partial charge in [0.15, 0.2) is 0 Å². The Morgan fingerprint density at radius 1 is 1.27 bits per heavy atom. The Bertz CT molecular complexity index is 155. The molecule has 1 fully saturated rings. The molecule has 90 valence electrons. The van der Waals surface area contributed by atoms with E-state index in [4.69, 9.17) is 0 Å². The maximum atomic E-state index is 4.48. The molecule has 0 N–H and O–H groups in total.